The molecule has 1 fully saturated rings. The van der Waals surface area contributed by atoms with Gasteiger partial charge in [0, 0.05) is 43.0 Å². The third kappa shape index (κ3) is 2.99. The summed E-state index contributed by atoms with van der Waals surface area (Å²) in [6, 6.07) is 7.49. The first-order chi connectivity index (χ1) is 12.6. The fourth-order valence-corrected chi connectivity index (χ4v) is 3.65. The molecule has 0 atom stereocenters. The molecule has 0 saturated carbocycles. The maximum absolute atomic E-state index is 12.3. The van der Waals surface area contributed by atoms with Crippen molar-refractivity contribution in [3.63, 3.8) is 0 Å². The van der Waals surface area contributed by atoms with E-state index < -0.39 is 5.91 Å². The fraction of sp³-hybridized carbons (Fsp3) is 0.222. The molecule has 1 N–H and O–H groups in total. The number of carbonyl (C=O) groups is 2. The number of rotatable bonds is 4. The molecule has 8 heteroatoms. The van der Waals surface area contributed by atoms with E-state index in [1.165, 1.54) is 21.9 Å². The Morgan fingerprint density at radius 3 is 2.77 bits per heavy atom. The van der Waals surface area contributed by atoms with Crippen molar-refractivity contribution in [1.29, 1.82) is 0 Å². The van der Waals surface area contributed by atoms with Gasteiger partial charge in [-0.2, -0.15) is 0 Å². The molecule has 0 radical (unpaired) electrons. The molecule has 1 aliphatic rings. The normalized spacial score (nSPS) is 14.2. The lowest BCUT2D eigenvalue weighted by molar-refractivity contribution is -0.117. The van der Waals surface area contributed by atoms with Gasteiger partial charge >= 0.3 is 0 Å². The van der Waals surface area contributed by atoms with Gasteiger partial charge in [0.25, 0.3) is 11.5 Å². The number of thiazole rings is 1. The van der Waals surface area contributed by atoms with Crippen molar-refractivity contribution < 1.29 is 9.59 Å². The van der Waals surface area contributed by atoms with Crippen molar-refractivity contribution in [2.24, 2.45) is 0 Å². The van der Waals surface area contributed by atoms with Crippen LogP contribution < -0.4 is 15.8 Å². The minimum Gasteiger partial charge on any atom is -0.348 e. The highest BCUT2D eigenvalue weighted by Crippen LogP contribution is 2.21. The molecular weight excluding hydrogens is 352 g/mol. The number of hydrogen-bond donors (Lipinski definition) is 1. The molecule has 3 heterocycles. The zero-order chi connectivity index (χ0) is 18.1. The highest BCUT2D eigenvalue weighted by molar-refractivity contribution is 7.15. The maximum Gasteiger partial charge on any atom is 0.271 e. The van der Waals surface area contributed by atoms with Crippen LogP contribution in [-0.2, 0) is 11.3 Å². The first kappa shape index (κ1) is 16.5. The second-order valence-electron chi connectivity index (χ2n) is 6.03. The van der Waals surface area contributed by atoms with Gasteiger partial charge in [-0.05, 0) is 24.1 Å². The second-order valence-corrected chi connectivity index (χ2v) is 6.90. The number of hydrogen-bond acceptors (Lipinski definition) is 5. The lowest BCUT2D eigenvalue weighted by Gasteiger charge is -2.16. The molecule has 1 aliphatic heterocycles. The first-order valence-corrected chi connectivity index (χ1v) is 9.14. The van der Waals surface area contributed by atoms with Gasteiger partial charge in [0.15, 0.2) is 4.96 Å². The van der Waals surface area contributed by atoms with E-state index in [0.29, 0.717) is 17.9 Å². The molecule has 3 aromatic rings. The predicted octanol–water partition coefficient (Wildman–Crippen LogP) is 1.81. The van der Waals surface area contributed by atoms with Crippen molar-refractivity contribution >= 4 is 33.8 Å². The van der Waals surface area contributed by atoms with E-state index in [4.69, 9.17) is 0 Å². The summed E-state index contributed by atoms with van der Waals surface area (Å²) in [5, 5.41) is 4.49. The Balaban J connectivity index is 1.44. The third-order valence-electron chi connectivity index (χ3n) is 4.36. The predicted molar refractivity (Wildman–Crippen MR) is 98.5 cm³/mol. The monoisotopic (exact) mass is 368 g/mol. The van der Waals surface area contributed by atoms with Gasteiger partial charge in [-0.1, -0.05) is 12.1 Å². The number of aromatic nitrogens is 2. The van der Waals surface area contributed by atoms with Crippen LogP contribution in [0.2, 0.25) is 0 Å². The van der Waals surface area contributed by atoms with Gasteiger partial charge in [0.2, 0.25) is 5.91 Å². The van der Waals surface area contributed by atoms with E-state index in [-0.39, 0.29) is 17.0 Å². The summed E-state index contributed by atoms with van der Waals surface area (Å²) in [5.74, 6) is -0.315. The number of carbonyl (C=O) groups excluding carboxylic acids is 2. The Hall–Kier alpha value is -3.00. The van der Waals surface area contributed by atoms with E-state index in [9.17, 15) is 14.4 Å². The van der Waals surface area contributed by atoms with Crippen LogP contribution in [0, 0.1) is 0 Å². The zero-order valence-corrected chi connectivity index (χ0v) is 14.7. The molecule has 2 aromatic heterocycles. The molecule has 0 aliphatic carbocycles. The molecule has 0 bridgehead atoms. The van der Waals surface area contributed by atoms with Crippen LogP contribution in [0.4, 0.5) is 5.69 Å². The molecule has 1 aromatic carbocycles. The van der Waals surface area contributed by atoms with Crippen molar-refractivity contribution in [3.05, 3.63) is 63.5 Å². The number of benzene rings is 1. The van der Waals surface area contributed by atoms with Crippen LogP contribution in [0.1, 0.15) is 28.8 Å². The second kappa shape index (κ2) is 6.72. The average molecular weight is 368 g/mol. The smallest absolute Gasteiger partial charge is 0.271 e. The van der Waals surface area contributed by atoms with E-state index >= 15 is 0 Å². The molecule has 7 nitrogen and oxygen atoms in total. The average Bonchev–Trinajstić information content (AvgIpc) is 3.30. The van der Waals surface area contributed by atoms with Gasteiger partial charge in [0.05, 0.1) is 0 Å². The van der Waals surface area contributed by atoms with Gasteiger partial charge < -0.3 is 10.2 Å². The molecule has 132 valence electrons. The number of amides is 2. The largest absolute Gasteiger partial charge is 0.348 e. The SMILES string of the molecule is O=C(NCc1ccc(N2CCCC2=O)cc1)c1cnc2sccn2c1=O. The van der Waals surface area contributed by atoms with Crippen LogP contribution in [0.25, 0.3) is 4.96 Å². The quantitative estimate of drug-likeness (QED) is 0.761. The lowest BCUT2D eigenvalue weighted by Crippen LogP contribution is -2.30. The van der Waals surface area contributed by atoms with Gasteiger partial charge in [-0.25, -0.2) is 4.98 Å². The lowest BCUT2D eigenvalue weighted by atomic mass is 10.2. The number of anilines is 1. The van der Waals surface area contributed by atoms with Gasteiger partial charge in [0.1, 0.15) is 5.56 Å². The number of nitrogens with one attached hydrogen (secondary N) is 1. The van der Waals surface area contributed by atoms with Crippen LogP contribution >= 0.6 is 11.3 Å². The molecular formula is C18H16N4O3S. The summed E-state index contributed by atoms with van der Waals surface area (Å²) >= 11 is 1.34. The standard InChI is InChI=1S/C18H16N4O3S/c23-15-2-1-7-21(15)13-5-3-12(4-6-13)10-19-16(24)14-11-20-18-22(17(14)25)8-9-26-18/h3-6,8-9,11H,1-2,7,10H2,(H,19,24). The summed E-state index contributed by atoms with van der Waals surface area (Å²) < 4.78 is 1.36. The molecule has 0 unspecified atom stereocenters. The topological polar surface area (TPSA) is 83.8 Å². The molecule has 4 rings (SSSR count). The van der Waals surface area contributed by atoms with Crippen LogP contribution in [0.5, 0.6) is 0 Å². The molecule has 2 amide bonds. The highest BCUT2D eigenvalue weighted by Gasteiger charge is 2.21. The Kier molecular flexibility index (Phi) is 4.26. The van der Waals surface area contributed by atoms with E-state index in [0.717, 1.165) is 24.2 Å². The van der Waals surface area contributed by atoms with Gasteiger partial charge in [-0.15, -0.1) is 11.3 Å². The van der Waals surface area contributed by atoms with Crippen molar-refractivity contribution in [2.45, 2.75) is 19.4 Å². The number of fused-ring (bicyclic) bond motifs is 1. The Morgan fingerprint density at radius 1 is 1.23 bits per heavy atom. The Morgan fingerprint density at radius 2 is 2.04 bits per heavy atom. The van der Waals surface area contributed by atoms with Crippen molar-refractivity contribution in [3.8, 4) is 0 Å². The van der Waals surface area contributed by atoms with Crippen LogP contribution in [-0.4, -0.2) is 27.7 Å². The fourth-order valence-electron chi connectivity index (χ4n) is 2.97. The summed E-state index contributed by atoms with van der Waals surface area (Å²) in [6.45, 7) is 1.04. The Bertz CT molecular complexity index is 1040. The summed E-state index contributed by atoms with van der Waals surface area (Å²) in [4.78, 5) is 42.8. The van der Waals surface area contributed by atoms with E-state index in [2.05, 4.69) is 10.3 Å². The summed E-state index contributed by atoms with van der Waals surface area (Å²) in [5.41, 5.74) is 1.39. The zero-order valence-electron chi connectivity index (χ0n) is 13.8. The summed E-state index contributed by atoms with van der Waals surface area (Å²) in [7, 11) is 0. The van der Waals surface area contributed by atoms with Crippen LogP contribution in [0.15, 0.2) is 46.8 Å². The van der Waals surface area contributed by atoms with E-state index in [1.807, 2.05) is 24.3 Å². The van der Waals surface area contributed by atoms with Crippen molar-refractivity contribution in [2.75, 3.05) is 11.4 Å². The van der Waals surface area contributed by atoms with E-state index in [1.54, 1.807) is 16.5 Å². The first-order valence-electron chi connectivity index (χ1n) is 8.26. The van der Waals surface area contributed by atoms with Crippen molar-refractivity contribution in [1.82, 2.24) is 14.7 Å². The third-order valence-corrected chi connectivity index (χ3v) is 5.13. The summed E-state index contributed by atoms with van der Waals surface area (Å²) in [6.07, 6.45) is 4.39. The Labute approximate surface area is 152 Å². The minimum absolute atomic E-state index is 0.0141. The van der Waals surface area contributed by atoms with Gasteiger partial charge in [-0.3, -0.25) is 18.8 Å². The minimum atomic E-state index is -0.457. The maximum atomic E-state index is 12.3. The molecule has 0 spiro atoms. The highest BCUT2D eigenvalue weighted by atomic mass is 32.1. The number of nitrogens with zero attached hydrogens (tertiary/aromatic N) is 3. The molecule has 26 heavy (non-hydrogen) atoms. The molecule has 1 saturated heterocycles. The van der Waals surface area contributed by atoms with Crippen LogP contribution in [0.3, 0.4) is 0 Å².